The molecule has 34 heavy (non-hydrogen) atoms. The Morgan fingerprint density at radius 2 is 1.50 bits per heavy atom. The van der Waals surface area contributed by atoms with Crippen LogP contribution < -0.4 is 4.90 Å². The van der Waals surface area contributed by atoms with Gasteiger partial charge in [0.2, 0.25) is 0 Å². The lowest BCUT2D eigenvalue weighted by Gasteiger charge is -2.32. The van der Waals surface area contributed by atoms with Crippen molar-refractivity contribution in [2.45, 2.75) is 44.9 Å². The van der Waals surface area contributed by atoms with E-state index in [-0.39, 0.29) is 5.41 Å². The van der Waals surface area contributed by atoms with E-state index in [4.69, 9.17) is 0 Å². The number of hydrogen-bond donors (Lipinski definition) is 0. The third-order valence-corrected chi connectivity index (χ3v) is 7.72. The summed E-state index contributed by atoms with van der Waals surface area (Å²) in [4.78, 5) is 2.46. The fourth-order valence-corrected chi connectivity index (χ4v) is 5.91. The Kier molecular flexibility index (Phi) is 5.14. The van der Waals surface area contributed by atoms with Gasteiger partial charge >= 0.3 is 0 Å². The van der Waals surface area contributed by atoms with E-state index in [2.05, 4.69) is 122 Å². The van der Waals surface area contributed by atoms with Gasteiger partial charge in [-0.15, -0.1) is 0 Å². The van der Waals surface area contributed by atoms with Gasteiger partial charge in [0.1, 0.15) is 0 Å². The monoisotopic (exact) mass is 441 g/mol. The molecule has 3 aliphatic rings. The van der Waals surface area contributed by atoms with E-state index in [0.717, 1.165) is 19.3 Å². The number of rotatable bonds is 4. The highest BCUT2D eigenvalue weighted by Crippen LogP contribution is 2.51. The van der Waals surface area contributed by atoms with Gasteiger partial charge in [-0.1, -0.05) is 92.2 Å². The summed E-state index contributed by atoms with van der Waals surface area (Å²) in [6.07, 6.45) is 13.7. The summed E-state index contributed by atoms with van der Waals surface area (Å²) in [6, 6.07) is 28.7. The fraction of sp³-hybridized carbons (Fsp3) is 0.212. The summed E-state index contributed by atoms with van der Waals surface area (Å²) in [5.74, 6) is 0. The molecular weight excluding hydrogens is 410 g/mol. The number of benzene rings is 3. The largest absolute Gasteiger partial charge is 0.314 e. The van der Waals surface area contributed by atoms with E-state index in [1.807, 2.05) is 0 Å². The molecule has 0 aromatic heterocycles. The molecule has 0 N–H and O–H groups in total. The lowest BCUT2D eigenvalue weighted by atomic mass is 9.78. The summed E-state index contributed by atoms with van der Waals surface area (Å²) >= 11 is 0. The number of allylic oxidation sites excluding steroid dienone is 8. The van der Waals surface area contributed by atoms with Gasteiger partial charge in [0.25, 0.3) is 0 Å². The lowest BCUT2D eigenvalue weighted by Crippen LogP contribution is -2.21. The van der Waals surface area contributed by atoms with Gasteiger partial charge in [-0.2, -0.15) is 0 Å². The van der Waals surface area contributed by atoms with Crippen LogP contribution in [0.5, 0.6) is 0 Å². The topological polar surface area (TPSA) is 3.24 Å². The highest BCUT2D eigenvalue weighted by Gasteiger charge is 2.37. The Morgan fingerprint density at radius 3 is 2.24 bits per heavy atom. The summed E-state index contributed by atoms with van der Waals surface area (Å²) < 4.78 is 0. The highest BCUT2D eigenvalue weighted by atomic mass is 15.1. The van der Waals surface area contributed by atoms with Crippen molar-refractivity contribution in [2.75, 3.05) is 4.90 Å². The molecule has 6 rings (SSSR count). The molecule has 0 spiro atoms. The third kappa shape index (κ3) is 3.47. The quantitative estimate of drug-likeness (QED) is 0.390. The van der Waals surface area contributed by atoms with Gasteiger partial charge < -0.3 is 4.90 Å². The van der Waals surface area contributed by atoms with E-state index < -0.39 is 0 Å². The molecule has 0 radical (unpaired) electrons. The Balaban J connectivity index is 1.43. The Labute approximate surface area is 203 Å². The molecule has 3 aromatic carbocycles. The van der Waals surface area contributed by atoms with Crippen molar-refractivity contribution < 1.29 is 0 Å². The number of nitrogens with zero attached hydrogens (tertiary/aromatic N) is 1. The molecule has 1 nitrogen and oxygen atoms in total. The van der Waals surface area contributed by atoms with Crippen molar-refractivity contribution in [3.63, 3.8) is 0 Å². The van der Waals surface area contributed by atoms with Crippen LogP contribution in [0.15, 0.2) is 114 Å². The molecule has 168 valence electrons. The van der Waals surface area contributed by atoms with Crippen LogP contribution in [0.2, 0.25) is 0 Å². The molecule has 0 amide bonds. The van der Waals surface area contributed by atoms with Gasteiger partial charge in [0.05, 0.1) is 0 Å². The first kappa shape index (κ1) is 21.0. The average Bonchev–Trinajstić information content (AvgIpc) is 3.12. The molecule has 0 saturated heterocycles. The van der Waals surface area contributed by atoms with Crippen LogP contribution in [0.1, 0.15) is 56.2 Å². The molecule has 0 unspecified atom stereocenters. The van der Waals surface area contributed by atoms with Crippen molar-refractivity contribution >= 4 is 22.5 Å². The number of anilines is 2. The molecule has 1 heteroatoms. The number of para-hydroxylation sites is 1. The van der Waals surface area contributed by atoms with E-state index >= 15 is 0 Å². The van der Waals surface area contributed by atoms with E-state index in [1.54, 1.807) is 5.57 Å². The Morgan fingerprint density at radius 1 is 0.735 bits per heavy atom. The van der Waals surface area contributed by atoms with Gasteiger partial charge in [0, 0.05) is 22.5 Å². The fourth-order valence-electron chi connectivity index (χ4n) is 5.91. The molecule has 3 aliphatic carbocycles. The van der Waals surface area contributed by atoms with Gasteiger partial charge in [-0.05, 0) is 83.9 Å². The normalized spacial score (nSPS) is 18.2. The average molecular weight is 442 g/mol. The zero-order valence-corrected chi connectivity index (χ0v) is 20.1. The second kappa shape index (κ2) is 8.33. The van der Waals surface area contributed by atoms with E-state index in [9.17, 15) is 0 Å². The minimum Gasteiger partial charge on any atom is -0.314 e. The molecule has 0 bridgehead atoms. The van der Waals surface area contributed by atoms with Gasteiger partial charge in [0.15, 0.2) is 0 Å². The van der Waals surface area contributed by atoms with Gasteiger partial charge in [-0.3, -0.25) is 0 Å². The van der Waals surface area contributed by atoms with Gasteiger partial charge in [-0.25, -0.2) is 0 Å². The maximum absolute atomic E-state index is 2.46. The second-order valence-corrected chi connectivity index (χ2v) is 10.1. The molecule has 3 aromatic rings. The Hall–Kier alpha value is -3.58. The molecule has 0 fully saturated rings. The van der Waals surface area contributed by atoms with Crippen LogP contribution in [-0.2, 0) is 5.41 Å². The standard InChI is InChI=1S/C33H31N/c1-33(2)31-16-10-9-15-29(31)30-22-21-28(23-32(30)33)34(26-13-7-4-8-14-26)27-19-17-25(18-20-27)24-11-5-3-6-12-24/h3-9,11-15,17,19,21-23H,10,16,18,20H2,1-2H3. The first-order valence-electron chi connectivity index (χ1n) is 12.5. The van der Waals surface area contributed by atoms with Crippen molar-refractivity contribution in [2.24, 2.45) is 0 Å². The van der Waals surface area contributed by atoms with Crippen LogP contribution in [0, 0.1) is 0 Å². The minimum atomic E-state index is 0.0785. The van der Waals surface area contributed by atoms with Crippen LogP contribution in [0.25, 0.3) is 11.1 Å². The maximum Gasteiger partial charge on any atom is 0.0461 e. The van der Waals surface area contributed by atoms with Crippen LogP contribution in [0.4, 0.5) is 11.4 Å². The van der Waals surface area contributed by atoms with Crippen molar-refractivity contribution in [1.82, 2.24) is 0 Å². The third-order valence-electron chi connectivity index (χ3n) is 7.72. The van der Waals surface area contributed by atoms with E-state index in [0.29, 0.717) is 0 Å². The summed E-state index contributed by atoms with van der Waals surface area (Å²) in [5.41, 5.74) is 12.6. The maximum atomic E-state index is 2.46. The van der Waals surface area contributed by atoms with E-state index in [1.165, 1.54) is 51.3 Å². The smallest absolute Gasteiger partial charge is 0.0461 e. The molecule has 0 saturated carbocycles. The van der Waals surface area contributed by atoms with Crippen LogP contribution >= 0.6 is 0 Å². The van der Waals surface area contributed by atoms with Crippen LogP contribution in [0.3, 0.4) is 0 Å². The van der Waals surface area contributed by atoms with Crippen molar-refractivity contribution in [3.05, 3.63) is 131 Å². The summed E-state index contributed by atoms with van der Waals surface area (Å²) in [7, 11) is 0. The zero-order valence-electron chi connectivity index (χ0n) is 20.1. The number of fused-ring (bicyclic) bond motifs is 2. The minimum absolute atomic E-state index is 0.0785. The highest BCUT2D eigenvalue weighted by molar-refractivity contribution is 5.88. The van der Waals surface area contributed by atoms with Crippen LogP contribution in [-0.4, -0.2) is 0 Å². The predicted molar refractivity (Wildman–Crippen MR) is 145 cm³/mol. The second-order valence-electron chi connectivity index (χ2n) is 10.1. The zero-order chi connectivity index (χ0) is 23.1. The molecule has 0 atom stereocenters. The number of hydrogen-bond acceptors (Lipinski definition) is 1. The SMILES string of the molecule is CC1(C)C2=C(C=CCC2)c2ccc(N(C3=CC=C(c4ccccc4)CC3)c3ccccc3)cc21. The predicted octanol–water partition coefficient (Wildman–Crippen LogP) is 8.98. The summed E-state index contributed by atoms with van der Waals surface area (Å²) in [6.45, 7) is 4.80. The first-order chi connectivity index (χ1) is 16.6. The molecular formula is C33H31N. The first-order valence-corrected chi connectivity index (χ1v) is 12.5. The Bertz CT molecular complexity index is 1350. The summed E-state index contributed by atoms with van der Waals surface area (Å²) in [5, 5.41) is 0. The van der Waals surface area contributed by atoms with Crippen molar-refractivity contribution in [3.8, 4) is 0 Å². The molecule has 0 heterocycles. The van der Waals surface area contributed by atoms with Crippen molar-refractivity contribution in [1.29, 1.82) is 0 Å². The molecule has 0 aliphatic heterocycles. The lowest BCUT2D eigenvalue weighted by molar-refractivity contribution is 0.607.